The van der Waals surface area contributed by atoms with Crippen molar-refractivity contribution < 1.29 is 30.0 Å². The summed E-state index contributed by atoms with van der Waals surface area (Å²) >= 11 is 0. The van der Waals surface area contributed by atoms with Gasteiger partial charge in [-0.25, -0.2) is 0 Å². The first-order valence-corrected chi connectivity index (χ1v) is 15.3. The second-order valence-electron chi connectivity index (χ2n) is 12.0. The van der Waals surface area contributed by atoms with Gasteiger partial charge in [-0.05, 0) is 66.7 Å². The van der Waals surface area contributed by atoms with E-state index >= 15 is 0 Å². The fourth-order valence-electron chi connectivity index (χ4n) is 7.55. The van der Waals surface area contributed by atoms with Crippen molar-refractivity contribution in [3.05, 3.63) is 58.7 Å². The molecule has 2 aromatic carbocycles. The predicted octanol–water partition coefficient (Wildman–Crippen LogP) is 5.11. The maximum absolute atomic E-state index is 13.7. The molecule has 7 nitrogen and oxygen atoms in total. The molecule has 4 N–H and O–H groups in total. The fourth-order valence-corrected chi connectivity index (χ4v) is 7.55. The van der Waals surface area contributed by atoms with E-state index in [9.17, 15) is 30.0 Å². The highest BCUT2D eigenvalue weighted by Gasteiger charge is 2.56. The molecule has 1 saturated carbocycles. The van der Waals surface area contributed by atoms with Crippen molar-refractivity contribution in [2.75, 3.05) is 13.2 Å². The van der Waals surface area contributed by atoms with Gasteiger partial charge in [-0.2, -0.15) is 0 Å². The third-order valence-electron chi connectivity index (χ3n) is 9.51. The number of phenolic OH excluding ortho intramolecular Hbond substituents is 1. The highest BCUT2D eigenvalue weighted by atomic mass is 16.3. The molecule has 0 bridgehead atoms. The number of aromatic hydroxyl groups is 1. The molecule has 0 radical (unpaired) electrons. The Morgan fingerprint density at radius 3 is 2.41 bits per heavy atom. The molecular weight excluding hydrogens is 518 g/mol. The van der Waals surface area contributed by atoms with E-state index in [1.54, 1.807) is 6.07 Å². The van der Waals surface area contributed by atoms with E-state index < -0.39 is 23.9 Å². The van der Waals surface area contributed by atoms with Crippen LogP contribution in [-0.2, 0) is 9.59 Å². The van der Waals surface area contributed by atoms with E-state index in [0.717, 1.165) is 66.9 Å². The van der Waals surface area contributed by atoms with Crippen LogP contribution >= 0.6 is 0 Å². The van der Waals surface area contributed by atoms with E-state index in [4.69, 9.17) is 0 Å². The fraction of sp³-hybridized carbons (Fsp3) is 0.529. The lowest BCUT2D eigenvalue weighted by Gasteiger charge is -2.36. The molecule has 2 aromatic rings. The Morgan fingerprint density at radius 2 is 1.73 bits per heavy atom. The Kier molecular flexibility index (Phi) is 9.27. The molecule has 2 aliphatic carbocycles. The van der Waals surface area contributed by atoms with Gasteiger partial charge in [0.15, 0.2) is 0 Å². The Balaban J connectivity index is 1.38. The summed E-state index contributed by atoms with van der Waals surface area (Å²) in [5.74, 6) is -2.13. The first-order chi connectivity index (χ1) is 19.9. The summed E-state index contributed by atoms with van der Waals surface area (Å²) < 4.78 is 0. The monoisotopic (exact) mass is 561 g/mol. The van der Waals surface area contributed by atoms with Crippen LogP contribution in [0.2, 0.25) is 0 Å². The number of hydrogen-bond acceptors (Lipinski definition) is 6. The summed E-state index contributed by atoms with van der Waals surface area (Å²) in [5.41, 5.74) is 3.26. The maximum Gasteiger partial charge on any atom is 0.234 e. The minimum Gasteiger partial charge on any atom is -0.507 e. The Morgan fingerprint density at radius 1 is 1.00 bits per heavy atom. The molecule has 2 fully saturated rings. The second-order valence-corrected chi connectivity index (χ2v) is 12.0. The SMILES string of the molecule is CCC/C(=C\c1ccc(O)c2ccccc12)CC[C@@H](O)C1=C(CO)C[C@H]2C(=O)N(C3CCCCC3)C(=O)[C@H]2[C@H]1CO. The van der Waals surface area contributed by atoms with E-state index in [2.05, 4.69) is 13.0 Å². The number of likely N-dealkylation sites (tertiary alicyclic amines) is 1. The van der Waals surface area contributed by atoms with Gasteiger partial charge in [-0.3, -0.25) is 14.5 Å². The normalized spacial score (nSPS) is 24.8. The van der Waals surface area contributed by atoms with Crippen LogP contribution in [0.5, 0.6) is 5.75 Å². The van der Waals surface area contributed by atoms with Crippen molar-refractivity contribution in [2.24, 2.45) is 17.8 Å². The number of hydrogen-bond donors (Lipinski definition) is 4. The molecule has 41 heavy (non-hydrogen) atoms. The molecule has 5 rings (SSSR count). The van der Waals surface area contributed by atoms with Crippen molar-refractivity contribution in [3.63, 3.8) is 0 Å². The minimum absolute atomic E-state index is 0.0858. The van der Waals surface area contributed by atoms with Crippen LogP contribution in [0.25, 0.3) is 16.8 Å². The zero-order valence-electron chi connectivity index (χ0n) is 24.0. The van der Waals surface area contributed by atoms with Gasteiger partial charge >= 0.3 is 0 Å². The first kappa shape index (κ1) is 29.5. The smallest absolute Gasteiger partial charge is 0.234 e. The first-order valence-electron chi connectivity index (χ1n) is 15.3. The third-order valence-corrected chi connectivity index (χ3v) is 9.51. The number of aliphatic hydroxyl groups is 3. The molecule has 220 valence electrons. The summed E-state index contributed by atoms with van der Waals surface area (Å²) in [6, 6.07) is 11.2. The van der Waals surface area contributed by atoms with Crippen LogP contribution < -0.4 is 0 Å². The zero-order valence-corrected chi connectivity index (χ0v) is 24.0. The number of rotatable bonds is 10. The summed E-state index contributed by atoms with van der Waals surface area (Å²) in [6.07, 6.45) is 8.92. The van der Waals surface area contributed by atoms with Gasteiger partial charge in [0, 0.05) is 17.3 Å². The number of amides is 2. The molecule has 0 spiro atoms. The molecule has 0 unspecified atom stereocenters. The lowest BCUT2D eigenvalue weighted by atomic mass is 9.68. The topological polar surface area (TPSA) is 118 Å². The van der Waals surface area contributed by atoms with E-state index in [1.807, 2.05) is 30.3 Å². The van der Waals surface area contributed by atoms with Crippen LogP contribution in [0.1, 0.15) is 76.7 Å². The van der Waals surface area contributed by atoms with Crippen molar-refractivity contribution in [1.29, 1.82) is 0 Å². The van der Waals surface area contributed by atoms with Gasteiger partial charge in [0.25, 0.3) is 0 Å². The average Bonchev–Trinajstić information content (AvgIpc) is 3.25. The highest BCUT2D eigenvalue weighted by Crippen LogP contribution is 2.47. The number of carbonyl (C=O) groups excluding carboxylic acids is 2. The van der Waals surface area contributed by atoms with Crippen LogP contribution in [-0.4, -0.2) is 62.5 Å². The van der Waals surface area contributed by atoms with Gasteiger partial charge in [0.05, 0.1) is 31.2 Å². The zero-order chi connectivity index (χ0) is 29.1. The lowest BCUT2D eigenvalue weighted by molar-refractivity contribution is -0.143. The molecule has 1 aliphatic heterocycles. The van der Waals surface area contributed by atoms with E-state index in [1.165, 1.54) is 4.90 Å². The van der Waals surface area contributed by atoms with Crippen LogP contribution in [0, 0.1) is 17.8 Å². The number of phenols is 1. The number of fused-ring (bicyclic) bond motifs is 2. The second kappa shape index (κ2) is 12.9. The summed E-state index contributed by atoms with van der Waals surface area (Å²) in [5, 5.41) is 44.3. The minimum atomic E-state index is -0.946. The Bertz CT molecular complexity index is 1340. The molecule has 1 heterocycles. The van der Waals surface area contributed by atoms with E-state index in [0.29, 0.717) is 24.0 Å². The molecular formula is C34H43NO6. The number of aliphatic hydroxyl groups excluding tert-OH is 3. The van der Waals surface area contributed by atoms with Crippen LogP contribution in [0.4, 0.5) is 0 Å². The summed E-state index contributed by atoms with van der Waals surface area (Å²) in [6.45, 7) is 1.44. The van der Waals surface area contributed by atoms with Crippen LogP contribution in [0.3, 0.4) is 0 Å². The number of benzene rings is 2. The van der Waals surface area contributed by atoms with Gasteiger partial charge in [0.1, 0.15) is 5.75 Å². The van der Waals surface area contributed by atoms with Gasteiger partial charge in [-0.1, -0.05) is 74.6 Å². The molecule has 1 saturated heterocycles. The highest BCUT2D eigenvalue weighted by molar-refractivity contribution is 6.06. The number of carbonyl (C=O) groups is 2. The molecule has 7 heteroatoms. The largest absolute Gasteiger partial charge is 0.507 e. The number of nitrogens with zero attached hydrogens (tertiary/aromatic N) is 1. The Labute approximate surface area is 242 Å². The quantitative estimate of drug-likeness (QED) is 0.237. The lowest BCUT2D eigenvalue weighted by Crippen LogP contribution is -2.42. The van der Waals surface area contributed by atoms with Gasteiger partial charge in [-0.15, -0.1) is 0 Å². The summed E-state index contributed by atoms with van der Waals surface area (Å²) in [4.78, 5) is 28.6. The number of imide groups is 1. The molecule has 3 aliphatic rings. The van der Waals surface area contributed by atoms with Crippen molar-refractivity contribution in [1.82, 2.24) is 4.90 Å². The Hall–Kier alpha value is -3.00. The van der Waals surface area contributed by atoms with E-state index in [-0.39, 0.29) is 43.2 Å². The maximum atomic E-state index is 13.7. The number of allylic oxidation sites excluding steroid dienone is 1. The van der Waals surface area contributed by atoms with Crippen molar-refractivity contribution in [3.8, 4) is 5.75 Å². The molecule has 2 amide bonds. The molecule has 0 aromatic heterocycles. The van der Waals surface area contributed by atoms with Gasteiger partial charge in [0.2, 0.25) is 11.8 Å². The average molecular weight is 562 g/mol. The van der Waals surface area contributed by atoms with Crippen molar-refractivity contribution in [2.45, 2.75) is 83.3 Å². The summed E-state index contributed by atoms with van der Waals surface area (Å²) in [7, 11) is 0. The molecule has 4 atom stereocenters. The predicted molar refractivity (Wildman–Crippen MR) is 159 cm³/mol. The van der Waals surface area contributed by atoms with Gasteiger partial charge < -0.3 is 20.4 Å². The standard InChI is InChI=1S/C34H43NO6/c1-2-8-21(17-22-14-16-29(38)26-12-7-6-11-25(22)26)13-15-30(39)31-23(19-36)18-27-32(28(31)20-37)34(41)35(33(27)40)24-9-4-3-5-10-24/h6-7,11-12,14,16-17,24,27-28,30,32,36-39H,2-5,8-10,13,15,18-20H2,1H3/b21-17+/t27-,28+,30-,32-/m1/s1. The van der Waals surface area contributed by atoms with Crippen LogP contribution in [0.15, 0.2) is 53.1 Å². The third kappa shape index (κ3) is 5.72. The van der Waals surface area contributed by atoms with Crippen molar-refractivity contribution >= 4 is 28.7 Å².